The minimum absolute atomic E-state index is 0.513. The van der Waals surface area contributed by atoms with Crippen molar-refractivity contribution in [3.05, 3.63) is 22.2 Å². The van der Waals surface area contributed by atoms with E-state index in [0.717, 1.165) is 29.0 Å². The molecule has 0 aliphatic carbocycles. The first-order valence-electron chi connectivity index (χ1n) is 7.50. The summed E-state index contributed by atoms with van der Waals surface area (Å²) < 4.78 is 11.5. The van der Waals surface area contributed by atoms with Crippen molar-refractivity contribution in [2.24, 2.45) is 16.6 Å². The molecule has 0 radical (unpaired) electrons. The predicted molar refractivity (Wildman–Crippen MR) is 92.5 cm³/mol. The maximum atomic E-state index is 6.12. The quantitative estimate of drug-likeness (QED) is 0.654. The van der Waals surface area contributed by atoms with Crippen molar-refractivity contribution in [1.29, 1.82) is 0 Å². The molecule has 6 heteroatoms. The maximum Gasteiger partial charge on any atom is 0.191 e. The topological polar surface area (TPSA) is 60.1 Å². The van der Waals surface area contributed by atoms with E-state index in [1.807, 2.05) is 12.1 Å². The van der Waals surface area contributed by atoms with Gasteiger partial charge in [-0.3, -0.25) is 0 Å². The maximum absolute atomic E-state index is 6.12. The lowest BCUT2D eigenvalue weighted by Crippen LogP contribution is -2.42. The monoisotopic (exact) mass is 369 g/mol. The highest BCUT2D eigenvalue weighted by molar-refractivity contribution is 9.10. The third-order valence-corrected chi connectivity index (χ3v) is 4.81. The van der Waals surface area contributed by atoms with Crippen LogP contribution < -0.4 is 15.2 Å². The van der Waals surface area contributed by atoms with Gasteiger partial charge in [-0.25, -0.2) is 4.99 Å². The molecule has 0 unspecified atom stereocenters. The highest BCUT2D eigenvalue weighted by Gasteiger charge is 2.17. The molecule has 2 rings (SSSR count). The molecule has 2 N–H and O–H groups in total. The average molecular weight is 370 g/mol. The van der Waals surface area contributed by atoms with Gasteiger partial charge in [-0.2, -0.15) is 0 Å². The highest BCUT2D eigenvalue weighted by atomic mass is 79.9. The summed E-state index contributed by atoms with van der Waals surface area (Å²) in [6.45, 7) is 4.78. The van der Waals surface area contributed by atoms with Gasteiger partial charge in [-0.1, -0.05) is 22.9 Å². The molecule has 1 aromatic rings. The Morgan fingerprint density at radius 2 is 1.86 bits per heavy atom. The lowest BCUT2D eigenvalue weighted by molar-refractivity contribution is 0.277. The predicted octanol–water partition coefficient (Wildman–Crippen LogP) is 3.01. The van der Waals surface area contributed by atoms with Crippen LogP contribution in [-0.4, -0.2) is 38.2 Å². The molecular weight excluding hydrogens is 346 g/mol. The zero-order valence-corrected chi connectivity index (χ0v) is 15.0. The summed E-state index contributed by atoms with van der Waals surface area (Å²) >= 11 is 3.55. The first kappa shape index (κ1) is 16.9. The molecule has 0 atom stereocenters. The molecule has 1 saturated heterocycles. The second-order valence-electron chi connectivity index (χ2n) is 5.64. The van der Waals surface area contributed by atoms with Gasteiger partial charge in [-0.05, 0) is 36.5 Å². The molecule has 1 aliphatic heterocycles. The van der Waals surface area contributed by atoms with Gasteiger partial charge in [0.2, 0.25) is 0 Å². The van der Waals surface area contributed by atoms with E-state index in [9.17, 15) is 0 Å². The Bertz CT molecular complexity index is 540. The standard InChI is InChI=1S/C16H24BrN3O2/c1-11-4-6-20(7-5-11)16(18)19-10-12-8-14(21-2)15(22-3)9-13(12)17/h8-9,11H,4-7,10H2,1-3H3,(H2,18,19). The van der Waals surface area contributed by atoms with E-state index in [-0.39, 0.29) is 0 Å². The Hall–Kier alpha value is -1.43. The molecule has 1 aromatic carbocycles. The van der Waals surface area contributed by atoms with Crippen LogP contribution in [0.3, 0.4) is 0 Å². The van der Waals surface area contributed by atoms with Crippen molar-refractivity contribution in [2.75, 3.05) is 27.3 Å². The van der Waals surface area contributed by atoms with Gasteiger partial charge in [0, 0.05) is 17.6 Å². The van der Waals surface area contributed by atoms with Crippen molar-refractivity contribution in [1.82, 2.24) is 4.90 Å². The van der Waals surface area contributed by atoms with Crippen LogP contribution >= 0.6 is 15.9 Å². The Morgan fingerprint density at radius 1 is 1.27 bits per heavy atom. The third kappa shape index (κ3) is 4.06. The van der Waals surface area contributed by atoms with E-state index in [2.05, 4.69) is 32.7 Å². The minimum atomic E-state index is 0.513. The van der Waals surface area contributed by atoms with Crippen molar-refractivity contribution >= 4 is 21.9 Å². The van der Waals surface area contributed by atoms with E-state index < -0.39 is 0 Å². The summed E-state index contributed by atoms with van der Waals surface area (Å²) in [5.74, 6) is 2.79. The number of nitrogens with two attached hydrogens (primary N) is 1. The first-order valence-corrected chi connectivity index (χ1v) is 8.29. The lowest BCUT2D eigenvalue weighted by atomic mass is 10.00. The van der Waals surface area contributed by atoms with Crippen LogP contribution in [0, 0.1) is 5.92 Å². The first-order chi connectivity index (χ1) is 10.5. The van der Waals surface area contributed by atoms with E-state index in [1.54, 1.807) is 14.2 Å². The summed E-state index contributed by atoms with van der Waals surface area (Å²) in [7, 11) is 3.25. The number of hydrogen-bond acceptors (Lipinski definition) is 3. The van der Waals surface area contributed by atoms with Gasteiger partial charge in [0.15, 0.2) is 17.5 Å². The Kier molecular flexibility index (Phi) is 5.94. The molecule has 0 bridgehead atoms. The molecule has 0 spiro atoms. The average Bonchev–Trinajstić information content (AvgIpc) is 2.53. The van der Waals surface area contributed by atoms with Crippen molar-refractivity contribution in [2.45, 2.75) is 26.3 Å². The zero-order chi connectivity index (χ0) is 16.1. The largest absolute Gasteiger partial charge is 0.493 e. The van der Waals surface area contributed by atoms with Crippen LogP contribution in [-0.2, 0) is 6.54 Å². The Balaban J connectivity index is 2.08. The fourth-order valence-electron chi connectivity index (χ4n) is 2.52. The zero-order valence-electron chi connectivity index (χ0n) is 13.4. The normalized spacial score (nSPS) is 16.7. The molecule has 0 amide bonds. The Labute approximate surface area is 140 Å². The minimum Gasteiger partial charge on any atom is -0.493 e. The number of halogens is 1. The smallest absolute Gasteiger partial charge is 0.191 e. The molecule has 22 heavy (non-hydrogen) atoms. The van der Waals surface area contributed by atoms with Gasteiger partial charge in [0.05, 0.1) is 20.8 Å². The van der Waals surface area contributed by atoms with Gasteiger partial charge in [0.25, 0.3) is 0 Å². The molecule has 5 nitrogen and oxygen atoms in total. The van der Waals surface area contributed by atoms with Gasteiger partial charge >= 0.3 is 0 Å². The number of likely N-dealkylation sites (tertiary alicyclic amines) is 1. The van der Waals surface area contributed by atoms with Crippen molar-refractivity contribution in [3.63, 3.8) is 0 Å². The molecule has 1 heterocycles. The number of guanidine groups is 1. The van der Waals surface area contributed by atoms with Crippen LogP contribution in [0.2, 0.25) is 0 Å². The van der Waals surface area contributed by atoms with Crippen LogP contribution in [0.5, 0.6) is 11.5 Å². The molecule has 0 aromatic heterocycles. The number of piperidine rings is 1. The second-order valence-corrected chi connectivity index (χ2v) is 6.50. The number of aliphatic imine (C=N–C) groups is 1. The Morgan fingerprint density at radius 3 is 2.45 bits per heavy atom. The summed E-state index contributed by atoms with van der Waals surface area (Å²) in [6, 6.07) is 3.82. The number of rotatable bonds is 4. The summed E-state index contributed by atoms with van der Waals surface area (Å²) in [4.78, 5) is 6.69. The van der Waals surface area contributed by atoms with Gasteiger partial charge < -0.3 is 20.1 Å². The molecular formula is C16H24BrN3O2. The molecule has 122 valence electrons. The van der Waals surface area contributed by atoms with E-state index in [1.165, 1.54) is 12.8 Å². The van der Waals surface area contributed by atoms with E-state index in [4.69, 9.17) is 15.2 Å². The summed E-state index contributed by atoms with van der Waals surface area (Å²) in [5, 5.41) is 0. The second kappa shape index (κ2) is 7.72. The number of hydrogen-bond donors (Lipinski definition) is 1. The molecule has 1 aliphatic rings. The van der Waals surface area contributed by atoms with Crippen LogP contribution in [0.25, 0.3) is 0 Å². The highest BCUT2D eigenvalue weighted by Crippen LogP contribution is 2.33. The molecule has 0 saturated carbocycles. The van der Waals surface area contributed by atoms with Crippen LogP contribution in [0.15, 0.2) is 21.6 Å². The summed E-state index contributed by atoms with van der Waals surface area (Å²) in [5.41, 5.74) is 7.14. The van der Waals surface area contributed by atoms with Crippen molar-refractivity contribution < 1.29 is 9.47 Å². The van der Waals surface area contributed by atoms with Crippen LogP contribution in [0.1, 0.15) is 25.3 Å². The third-order valence-electron chi connectivity index (χ3n) is 4.07. The summed E-state index contributed by atoms with van der Waals surface area (Å²) in [6.07, 6.45) is 2.35. The number of ether oxygens (including phenoxy) is 2. The SMILES string of the molecule is COc1cc(Br)c(CN=C(N)N2CCC(C)CC2)cc1OC. The number of methoxy groups -OCH3 is 2. The van der Waals surface area contributed by atoms with Gasteiger partial charge in [0.1, 0.15) is 0 Å². The molecule has 1 fully saturated rings. The fourth-order valence-corrected chi connectivity index (χ4v) is 2.97. The van der Waals surface area contributed by atoms with E-state index in [0.29, 0.717) is 24.0 Å². The number of nitrogens with zero attached hydrogens (tertiary/aromatic N) is 2. The number of benzene rings is 1. The van der Waals surface area contributed by atoms with Gasteiger partial charge in [-0.15, -0.1) is 0 Å². The fraction of sp³-hybridized carbons (Fsp3) is 0.562. The lowest BCUT2D eigenvalue weighted by Gasteiger charge is -2.31. The van der Waals surface area contributed by atoms with Crippen molar-refractivity contribution in [3.8, 4) is 11.5 Å². The van der Waals surface area contributed by atoms with Crippen LogP contribution in [0.4, 0.5) is 0 Å². The van der Waals surface area contributed by atoms with E-state index >= 15 is 0 Å².